The van der Waals surface area contributed by atoms with Crippen LogP contribution in [0, 0.1) is 6.92 Å². The highest BCUT2D eigenvalue weighted by molar-refractivity contribution is 5.29. The van der Waals surface area contributed by atoms with Gasteiger partial charge >= 0.3 is 0 Å². The summed E-state index contributed by atoms with van der Waals surface area (Å²) in [5.74, 6) is 0. The maximum absolute atomic E-state index is 3.48. The van der Waals surface area contributed by atoms with Gasteiger partial charge in [0, 0.05) is 25.7 Å². The summed E-state index contributed by atoms with van der Waals surface area (Å²) >= 11 is 0. The second-order valence-electron chi connectivity index (χ2n) is 4.21. The molecular formula is C13H20N2. The van der Waals surface area contributed by atoms with Gasteiger partial charge in [0.25, 0.3) is 0 Å². The lowest BCUT2D eigenvalue weighted by molar-refractivity contribution is 0.170. The van der Waals surface area contributed by atoms with Crippen LogP contribution in [0.5, 0.6) is 0 Å². The van der Waals surface area contributed by atoms with Gasteiger partial charge in [-0.2, -0.15) is 0 Å². The molecule has 1 aromatic carbocycles. The lowest BCUT2D eigenvalue weighted by Gasteiger charge is -2.36. The summed E-state index contributed by atoms with van der Waals surface area (Å²) < 4.78 is 0. The topological polar surface area (TPSA) is 15.3 Å². The Morgan fingerprint density at radius 2 is 2.20 bits per heavy atom. The highest BCUT2D eigenvalue weighted by Gasteiger charge is 2.22. The SMILES string of the molecule is CCN1CCNCC1c1ccccc1C. The van der Waals surface area contributed by atoms with Crippen molar-refractivity contribution in [3.63, 3.8) is 0 Å². The molecule has 0 radical (unpaired) electrons. The van der Waals surface area contributed by atoms with Gasteiger partial charge in [-0.1, -0.05) is 31.2 Å². The van der Waals surface area contributed by atoms with E-state index in [1.165, 1.54) is 11.1 Å². The van der Waals surface area contributed by atoms with E-state index >= 15 is 0 Å². The lowest BCUT2D eigenvalue weighted by atomic mass is 9.98. The van der Waals surface area contributed by atoms with E-state index in [0.717, 1.165) is 26.2 Å². The Bertz CT molecular complexity index is 322. The zero-order valence-electron chi connectivity index (χ0n) is 9.66. The van der Waals surface area contributed by atoms with Gasteiger partial charge < -0.3 is 5.32 Å². The number of piperazine rings is 1. The van der Waals surface area contributed by atoms with Crippen LogP contribution >= 0.6 is 0 Å². The average molecular weight is 204 g/mol. The molecule has 15 heavy (non-hydrogen) atoms. The number of aryl methyl sites for hydroxylation is 1. The van der Waals surface area contributed by atoms with Crippen LogP contribution in [0.3, 0.4) is 0 Å². The van der Waals surface area contributed by atoms with Crippen molar-refractivity contribution in [1.82, 2.24) is 10.2 Å². The molecule has 0 saturated carbocycles. The van der Waals surface area contributed by atoms with Gasteiger partial charge in [0.15, 0.2) is 0 Å². The molecule has 0 aromatic heterocycles. The fourth-order valence-electron chi connectivity index (χ4n) is 2.39. The van der Waals surface area contributed by atoms with Crippen LogP contribution in [0.4, 0.5) is 0 Å². The second-order valence-corrected chi connectivity index (χ2v) is 4.21. The number of hydrogen-bond donors (Lipinski definition) is 1. The molecule has 1 unspecified atom stereocenters. The number of nitrogens with one attached hydrogen (secondary N) is 1. The Hall–Kier alpha value is -0.860. The number of rotatable bonds is 2. The highest BCUT2D eigenvalue weighted by Crippen LogP contribution is 2.24. The molecule has 2 heteroatoms. The van der Waals surface area contributed by atoms with E-state index < -0.39 is 0 Å². The van der Waals surface area contributed by atoms with Crippen molar-refractivity contribution in [1.29, 1.82) is 0 Å². The Kier molecular flexibility index (Phi) is 3.39. The molecule has 2 rings (SSSR count). The summed E-state index contributed by atoms with van der Waals surface area (Å²) in [6.07, 6.45) is 0. The molecule has 0 spiro atoms. The standard InChI is InChI=1S/C13H20N2/c1-3-15-9-8-14-10-13(15)12-7-5-4-6-11(12)2/h4-7,13-14H,3,8-10H2,1-2H3. The van der Waals surface area contributed by atoms with Crippen molar-refractivity contribution in [2.24, 2.45) is 0 Å². The number of benzene rings is 1. The molecule has 0 amide bonds. The van der Waals surface area contributed by atoms with E-state index in [9.17, 15) is 0 Å². The Morgan fingerprint density at radius 3 is 2.93 bits per heavy atom. The molecule has 1 saturated heterocycles. The normalized spacial score (nSPS) is 22.9. The van der Waals surface area contributed by atoms with Crippen molar-refractivity contribution < 1.29 is 0 Å². The van der Waals surface area contributed by atoms with Crippen molar-refractivity contribution >= 4 is 0 Å². The highest BCUT2D eigenvalue weighted by atomic mass is 15.2. The van der Waals surface area contributed by atoms with Gasteiger partial charge in [-0.3, -0.25) is 4.90 Å². The van der Waals surface area contributed by atoms with Crippen molar-refractivity contribution in [2.75, 3.05) is 26.2 Å². The van der Waals surface area contributed by atoms with Crippen molar-refractivity contribution in [3.05, 3.63) is 35.4 Å². The number of hydrogen-bond acceptors (Lipinski definition) is 2. The zero-order chi connectivity index (χ0) is 10.7. The molecule has 1 atom stereocenters. The minimum Gasteiger partial charge on any atom is -0.314 e. The first-order valence-electron chi connectivity index (χ1n) is 5.83. The average Bonchev–Trinajstić information content (AvgIpc) is 2.30. The minimum absolute atomic E-state index is 0.560. The van der Waals surface area contributed by atoms with E-state index in [4.69, 9.17) is 0 Å². The minimum atomic E-state index is 0.560. The number of likely N-dealkylation sites (N-methyl/N-ethyl adjacent to an activating group) is 1. The molecule has 1 fully saturated rings. The van der Waals surface area contributed by atoms with Crippen LogP contribution in [-0.2, 0) is 0 Å². The third-order valence-corrected chi connectivity index (χ3v) is 3.31. The summed E-state index contributed by atoms with van der Waals surface area (Å²) in [5.41, 5.74) is 2.89. The maximum Gasteiger partial charge on any atom is 0.0475 e. The number of nitrogens with zero attached hydrogens (tertiary/aromatic N) is 1. The van der Waals surface area contributed by atoms with E-state index in [2.05, 4.69) is 48.3 Å². The van der Waals surface area contributed by atoms with Crippen LogP contribution < -0.4 is 5.32 Å². The van der Waals surface area contributed by atoms with Gasteiger partial charge in [0.05, 0.1) is 0 Å². The maximum atomic E-state index is 3.48. The first kappa shape index (κ1) is 10.7. The van der Waals surface area contributed by atoms with Gasteiger partial charge in [0.1, 0.15) is 0 Å². The molecule has 1 N–H and O–H groups in total. The Labute approximate surface area is 92.3 Å². The summed E-state index contributed by atoms with van der Waals surface area (Å²) in [5, 5.41) is 3.48. The summed E-state index contributed by atoms with van der Waals surface area (Å²) in [4.78, 5) is 2.55. The molecule has 1 heterocycles. The van der Waals surface area contributed by atoms with Gasteiger partial charge in [-0.15, -0.1) is 0 Å². The molecule has 0 bridgehead atoms. The largest absolute Gasteiger partial charge is 0.314 e. The third-order valence-electron chi connectivity index (χ3n) is 3.31. The second kappa shape index (κ2) is 4.77. The predicted molar refractivity (Wildman–Crippen MR) is 64.0 cm³/mol. The van der Waals surface area contributed by atoms with E-state index in [1.807, 2.05) is 0 Å². The smallest absolute Gasteiger partial charge is 0.0475 e. The monoisotopic (exact) mass is 204 g/mol. The van der Waals surface area contributed by atoms with Crippen LogP contribution in [0.2, 0.25) is 0 Å². The molecular weight excluding hydrogens is 184 g/mol. The molecule has 1 aromatic rings. The van der Waals surface area contributed by atoms with Crippen LogP contribution in [0.25, 0.3) is 0 Å². The predicted octanol–water partition coefficient (Wildman–Crippen LogP) is 1.96. The Morgan fingerprint density at radius 1 is 1.40 bits per heavy atom. The molecule has 1 aliphatic heterocycles. The van der Waals surface area contributed by atoms with E-state index in [0.29, 0.717) is 6.04 Å². The first-order valence-corrected chi connectivity index (χ1v) is 5.83. The summed E-state index contributed by atoms with van der Waals surface area (Å²) in [6, 6.07) is 9.29. The fraction of sp³-hybridized carbons (Fsp3) is 0.538. The van der Waals surface area contributed by atoms with Crippen LogP contribution in [0.1, 0.15) is 24.1 Å². The van der Waals surface area contributed by atoms with E-state index in [-0.39, 0.29) is 0 Å². The van der Waals surface area contributed by atoms with Crippen molar-refractivity contribution in [2.45, 2.75) is 19.9 Å². The van der Waals surface area contributed by atoms with E-state index in [1.54, 1.807) is 0 Å². The van der Waals surface area contributed by atoms with Gasteiger partial charge in [0.2, 0.25) is 0 Å². The fourth-order valence-corrected chi connectivity index (χ4v) is 2.39. The van der Waals surface area contributed by atoms with Crippen LogP contribution in [-0.4, -0.2) is 31.1 Å². The molecule has 82 valence electrons. The zero-order valence-corrected chi connectivity index (χ0v) is 9.66. The quantitative estimate of drug-likeness (QED) is 0.792. The van der Waals surface area contributed by atoms with Gasteiger partial charge in [-0.25, -0.2) is 0 Å². The molecule has 1 aliphatic rings. The lowest BCUT2D eigenvalue weighted by Crippen LogP contribution is -2.45. The summed E-state index contributed by atoms with van der Waals surface area (Å²) in [6.45, 7) is 8.96. The van der Waals surface area contributed by atoms with Gasteiger partial charge in [-0.05, 0) is 24.6 Å². The Balaban J connectivity index is 2.24. The molecule has 2 nitrogen and oxygen atoms in total. The first-order chi connectivity index (χ1) is 7.33. The van der Waals surface area contributed by atoms with Crippen LogP contribution in [0.15, 0.2) is 24.3 Å². The van der Waals surface area contributed by atoms with Crippen molar-refractivity contribution in [3.8, 4) is 0 Å². The summed E-state index contributed by atoms with van der Waals surface area (Å²) in [7, 11) is 0. The third kappa shape index (κ3) is 2.21. The molecule has 0 aliphatic carbocycles.